The Kier molecular flexibility index (Phi) is 5.96. The summed E-state index contributed by atoms with van der Waals surface area (Å²) in [6.07, 6.45) is 3.48. The summed E-state index contributed by atoms with van der Waals surface area (Å²) in [5.41, 5.74) is 3.10. The molecule has 1 heterocycles. The van der Waals surface area contributed by atoms with E-state index >= 15 is 0 Å². The Bertz CT molecular complexity index is 906. The van der Waals surface area contributed by atoms with Crippen molar-refractivity contribution < 1.29 is 9.21 Å². The van der Waals surface area contributed by atoms with Crippen LogP contribution in [0.4, 0.5) is 5.69 Å². The van der Waals surface area contributed by atoms with Crippen molar-refractivity contribution in [1.82, 2.24) is 10.3 Å². The lowest BCUT2D eigenvalue weighted by atomic mass is 10.2. The number of unbranched alkanes of at least 4 members (excludes halogenated alkanes) is 2. The first-order valence-corrected chi connectivity index (χ1v) is 9.13. The van der Waals surface area contributed by atoms with Crippen molar-refractivity contribution in [3.05, 3.63) is 48.5 Å². The van der Waals surface area contributed by atoms with Crippen LogP contribution in [-0.2, 0) is 4.79 Å². The summed E-state index contributed by atoms with van der Waals surface area (Å²) < 4.78 is 5.79. The molecule has 2 aromatic carbocycles. The second kappa shape index (κ2) is 8.58. The van der Waals surface area contributed by atoms with Gasteiger partial charge in [0, 0.05) is 17.7 Å². The summed E-state index contributed by atoms with van der Waals surface area (Å²) >= 11 is 5.21. The topological polar surface area (TPSA) is 67.2 Å². The highest BCUT2D eigenvalue weighted by molar-refractivity contribution is 7.80. The highest BCUT2D eigenvalue weighted by Gasteiger charge is 2.10. The summed E-state index contributed by atoms with van der Waals surface area (Å²) in [5, 5.41) is 6.02. The van der Waals surface area contributed by atoms with E-state index < -0.39 is 0 Å². The summed E-state index contributed by atoms with van der Waals surface area (Å²) in [4.78, 5) is 16.3. The van der Waals surface area contributed by atoms with Gasteiger partial charge in [-0.25, -0.2) is 4.98 Å². The first kappa shape index (κ1) is 18.1. The van der Waals surface area contributed by atoms with Gasteiger partial charge in [-0.3, -0.25) is 4.79 Å². The van der Waals surface area contributed by atoms with Crippen LogP contribution in [0, 0.1) is 0 Å². The SMILES string of the molecule is CCCCCC(=O)NC(=S)Nc1ccc2oc(-c3ccccc3)nc2c1. The molecule has 5 nitrogen and oxygen atoms in total. The first-order chi connectivity index (χ1) is 12.7. The molecule has 26 heavy (non-hydrogen) atoms. The van der Waals surface area contributed by atoms with Crippen molar-refractivity contribution in [3.8, 4) is 11.5 Å². The Morgan fingerprint density at radius 2 is 1.96 bits per heavy atom. The number of amides is 1. The predicted molar refractivity (Wildman–Crippen MR) is 108 cm³/mol. The number of fused-ring (bicyclic) bond motifs is 1. The van der Waals surface area contributed by atoms with E-state index in [9.17, 15) is 4.79 Å². The van der Waals surface area contributed by atoms with Crippen molar-refractivity contribution >= 4 is 40.0 Å². The van der Waals surface area contributed by atoms with Crippen molar-refractivity contribution in [2.45, 2.75) is 32.6 Å². The van der Waals surface area contributed by atoms with E-state index in [2.05, 4.69) is 22.5 Å². The van der Waals surface area contributed by atoms with Gasteiger partial charge in [-0.05, 0) is 49.0 Å². The van der Waals surface area contributed by atoms with Crippen LogP contribution in [0.1, 0.15) is 32.6 Å². The van der Waals surface area contributed by atoms with Gasteiger partial charge < -0.3 is 15.1 Å². The highest BCUT2D eigenvalue weighted by atomic mass is 32.1. The molecule has 0 fully saturated rings. The standard InChI is InChI=1S/C20H21N3O2S/c1-2-3-5-10-18(24)23-20(26)21-15-11-12-17-16(13-15)22-19(25-17)14-8-6-4-7-9-14/h4,6-9,11-13H,2-3,5,10H2,1H3,(H2,21,23,24,26). The molecular formula is C20H21N3O2S. The number of hydrogen-bond donors (Lipinski definition) is 2. The number of hydrogen-bond acceptors (Lipinski definition) is 4. The number of oxazole rings is 1. The molecule has 0 spiro atoms. The minimum atomic E-state index is -0.0650. The van der Waals surface area contributed by atoms with Crippen LogP contribution in [0.15, 0.2) is 52.9 Å². The normalized spacial score (nSPS) is 10.7. The minimum Gasteiger partial charge on any atom is -0.436 e. The van der Waals surface area contributed by atoms with E-state index in [0.717, 1.165) is 36.0 Å². The van der Waals surface area contributed by atoms with E-state index in [1.807, 2.05) is 48.5 Å². The molecule has 0 bridgehead atoms. The van der Waals surface area contributed by atoms with Crippen molar-refractivity contribution in [1.29, 1.82) is 0 Å². The molecule has 1 aromatic heterocycles. The number of anilines is 1. The molecule has 0 radical (unpaired) electrons. The van der Waals surface area contributed by atoms with Crippen LogP contribution in [0.2, 0.25) is 0 Å². The molecule has 0 aliphatic heterocycles. The molecule has 2 N–H and O–H groups in total. The zero-order valence-electron chi connectivity index (χ0n) is 14.6. The van der Waals surface area contributed by atoms with Crippen LogP contribution in [0.5, 0.6) is 0 Å². The fourth-order valence-corrected chi connectivity index (χ4v) is 2.83. The molecule has 0 aliphatic carbocycles. The van der Waals surface area contributed by atoms with E-state index in [4.69, 9.17) is 16.6 Å². The van der Waals surface area contributed by atoms with Gasteiger partial charge in [0.25, 0.3) is 0 Å². The summed E-state index contributed by atoms with van der Waals surface area (Å²) in [6, 6.07) is 15.3. The van der Waals surface area contributed by atoms with Crippen LogP contribution in [0.3, 0.4) is 0 Å². The third kappa shape index (κ3) is 4.67. The fourth-order valence-electron chi connectivity index (χ4n) is 2.60. The van der Waals surface area contributed by atoms with Crippen molar-refractivity contribution in [2.24, 2.45) is 0 Å². The molecule has 3 rings (SSSR count). The molecule has 0 unspecified atom stereocenters. The zero-order valence-corrected chi connectivity index (χ0v) is 15.4. The van der Waals surface area contributed by atoms with Crippen molar-refractivity contribution in [2.75, 3.05) is 5.32 Å². The zero-order chi connectivity index (χ0) is 18.4. The molecular weight excluding hydrogens is 346 g/mol. The van der Waals surface area contributed by atoms with Crippen LogP contribution in [-0.4, -0.2) is 16.0 Å². The predicted octanol–water partition coefficient (Wildman–Crippen LogP) is 4.89. The number of nitrogens with zero attached hydrogens (tertiary/aromatic N) is 1. The molecule has 0 aliphatic rings. The largest absolute Gasteiger partial charge is 0.436 e. The summed E-state index contributed by atoms with van der Waals surface area (Å²) in [5.74, 6) is 0.509. The van der Waals surface area contributed by atoms with Gasteiger partial charge in [0.05, 0.1) is 0 Å². The molecule has 1 amide bonds. The molecule has 134 valence electrons. The maximum atomic E-state index is 11.8. The van der Waals surface area contributed by atoms with Gasteiger partial charge in [0.15, 0.2) is 10.7 Å². The van der Waals surface area contributed by atoms with E-state index in [1.165, 1.54) is 0 Å². The van der Waals surface area contributed by atoms with Crippen LogP contribution >= 0.6 is 12.2 Å². The number of nitrogens with one attached hydrogen (secondary N) is 2. The number of benzene rings is 2. The maximum absolute atomic E-state index is 11.8. The van der Waals surface area contributed by atoms with Gasteiger partial charge in [-0.1, -0.05) is 38.0 Å². The van der Waals surface area contributed by atoms with Crippen LogP contribution < -0.4 is 10.6 Å². The molecule has 3 aromatic rings. The number of aromatic nitrogens is 1. The summed E-state index contributed by atoms with van der Waals surface area (Å²) in [6.45, 7) is 2.10. The van der Waals surface area contributed by atoms with Gasteiger partial charge in [0.1, 0.15) is 5.52 Å². The van der Waals surface area contributed by atoms with Gasteiger partial charge >= 0.3 is 0 Å². The smallest absolute Gasteiger partial charge is 0.227 e. The molecule has 0 atom stereocenters. The second-order valence-electron chi connectivity index (χ2n) is 6.03. The average Bonchev–Trinajstić information content (AvgIpc) is 3.06. The lowest BCUT2D eigenvalue weighted by Gasteiger charge is -2.09. The van der Waals surface area contributed by atoms with E-state index in [1.54, 1.807) is 0 Å². The Balaban J connectivity index is 1.65. The molecule has 0 saturated carbocycles. The summed E-state index contributed by atoms with van der Waals surface area (Å²) in [7, 11) is 0. The quantitative estimate of drug-likeness (QED) is 0.480. The lowest BCUT2D eigenvalue weighted by molar-refractivity contribution is -0.119. The van der Waals surface area contributed by atoms with Gasteiger partial charge in [-0.2, -0.15) is 0 Å². The Labute approximate surface area is 157 Å². The van der Waals surface area contributed by atoms with E-state index in [-0.39, 0.29) is 11.0 Å². The third-order valence-electron chi connectivity index (χ3n) is 3.93. The molecule has 6 heteroatoms. The maximum Gasteiger partial charge on any atom is 0.227 e. The number of carbonyl (C=O) groups is 1. The average molecular weight is 367 g/mol. The monoisotopic (exact) mass is 367 g/mol. The Hall–Kier alpha value is -2.73. The lowest BCUT2D eigenvalue weighted by Crippen LogP contribution is -2.33. The Morgan fingerprint density at radius 1 is 1.15 bits per heavy atom. The highest BCUT2D eigenvalue weighted by Crippen LogP contribution is 2.26. The number of carbonyl (C=O) groups excluding carboxylic acids is 1. The van der Waals surface area contributed by atoms with E-state index in [0.29, 0.717) is 17.9 Å². The van der Waals surface area contributed by atoms with Crippen molar-refractivity contribution in [3.63, 3.8) is 0 Å². The number of rotatable bonds is 6. The number of thiocarbonyl (C=S) groups is 1. The minimum absolute atomic E-state index is 0.0650. The fraction of sp³-hybridized carbons (Fsp3) is 0.250. The third-order valence-corrected chi connectivity index (χ3v) is 4.13. The first-order valence-electron chi connectivity index (χ1n) is 8.72. The Morgan fingerprint density at radius 3 is 2.73 bits per heavy atom. The van der Waals surface area contributed by atoms with Gasteiger partial charge in [-0.15, -0.1) is 0 Å². The van der Waals surface area contributed by atoms with Crippen LogP contribution in [0.25, 0.3) is 22.6 Å². The molecule has 0 saturated heterocycles. The van der Waals surface area contributed by atoms with Gasteiger partial charge in [0.2, 0.25) is 11.8 Å². The second-order valence-corrected chi connectivity index (χ2v) is 6.44.